The number of benzene rings is 2. The molecule has 2 N–H and O–H groups in total. The number of methoxy groups -OCH3 is 1. The molecule has 1 aliphatic heterocycles. The van der Waals surface area contributed by atoms with Crippen molar-refractivity contribution in [3.05, 3.63) is 59.7 Å². The van der Waals surface area contributed by atoms with Gasteiger partial charge in [-0.2, -0.15) is 0 Å². The Balaban J connectivity index is 1.84. The number of hydrogen-bond acceptors (Lipinski definition) is 5. The molecule has 1 saturated heterocycles. The normalized spacial score (nSPS) is 16.6. The molecular formula is C21H26F2N2O3. The monoisotopic (exact) mass is 392 g/mol. The first kappa shape index (κ1) is 20.5. The van der Waals surface area contributed by atoms with Crippen molar-refractivity contribution in [1.29, 1.82) is 0 Å². The minimum absolute atomic E-state index is 0.352. The molecule has 1 heterocycles. The predicted octanol–water partition coefficient (Wildman–Crippen LogP) is 2.85. The number of ether oxygens (including phenoxy) is 2. The number of piperazine rings is 1. The first-order valence-corrected chi connectivity index (χ1v) is 9.33. The Morgan fingerprint density at radius 3 is 2.46 bits per heavy atom. The molecule has 7 heteroatoms. The molecule has 2 aromatic rings. The molecule has 1 fully saturated rings. The van der Waals surface area contributed by atoms with E-state index in [2.05, 4.69) is 5.32 Å². The highest BCUT2D eigenvalue weighted by Crippen LogP contribution is 2.40. The van der Waals surface area contributed by atoms with Crippen molar-refractivity contribution in [2.75, 3.05) is 39.9 Å². The summed E-state index contributed by atoms with van der Waals surface area (Å²) in [6, 6.07) is 13.3. The van der Waals surface area contributed by atoms with E-state index in [9.17, 15) is 13.9 Å². The lowest BCUT2D eigenvalue weighted by Crippen LogP contribution is -2.51. The fourth-order valence-corrected chi connectivity index (χ4v) is 3.46. The van der Waals surface area contributed by atoms with Crippen LogP contribution in [0.1, 0.15) is 17.2 Å². The Hall–Kier alpha value is -2.22. The Kier molecular flexibility index (Phi) is 6.83. The first-order chi connectivity index (χ1) is 13.5. The molecule has 3 rings (SSSR count). The van der Waals surface area contributed by atoms with E-state index in [0.29, 0.717) is 49.8 Å². The largest absolute Gasteiger partial charge is 0.493 e. The van der Waals surface area contributed by atoms with Crippen LogP contribution in [0, 0.1) is 0 Å². The third-order valence-electron chi connectivity index (χ3n) is 4.87. The van der Waals surface area contributed by atoms with Crippen LogP contribution in [0.5, 0.6) is 11.5 Å². The molecule has 2 aromatic carbocycles. The second kappa shape index (κ2) is 9.32. The molecule has 0 spiro atoms. The summed E-state index contributed by atoms with van der Waals surface area (Å²) in [5, 5.41) is 12.5. The van der Waals surface area contributed by atoms with Crippen LogP contribution in [0.4, 0.5) is 8.78 Å². The first-order valence-electron chi connectivity index (χ1n) is 9.33. The number of hydrogen-bond donors (Lipinski definition) is 2. The molecule has 152 valence electrons. The number of nitrogens with zero attached hydrogens (tertiary/aromatic N) is 1. The molecule has 0 saturated carbocycles. The number of nitrogens with one attached hydrogen (secondary N) is 1. The number of aliphatic hydroxyl groups excluding tert-OH is 1. The van der Waals surface area contributed by atoms with E-state index < -0.39 is 18.6 Å². The van der Waals surface area contributed by atoms with E-state index in [4.69, 9.17) is 9.47 Å². The number of aliphatic hydroxyl groups is 1. The molecule has 0 unspecified atom stereocenters. The molecule has 1 atom stereocenters. The van der Waals surface area contributed by atoms with Crippen molar-refractivity contribution in [2.24, 2.45) is 0 Å². The SMILES string of the molecule is COc1cc([C@@H](N2CCNCC2)C(F)(F)CO)ccc1OCc1ccccc1. The molecule has 0 bridgehead atoms. The van der Waals surface area contributed by atoms with Crippen LogP contribution in [0.15, 0.2) is 48.5 Å². The third kappa shape index (κ3) is 4.79. The van der Waals surface area contributed by atoms with Gasteiger partial charge in [0.15, 0.2) is 11.5 Å². The zero-order valence-electron chi connectivity index (χ0n) is 15.9. The van der Waals surface area contributed by atoms with Crippen molar-refractivity contribution in [2.45, 2.75) is 18.6 Å². The summed E-state index contributed by atoms with van der Waals surface area (Å²) in [6.45, 7) is 1.37. The highest BCUT2D eigenvalue weighted by molar-refractivity contribution is 5.44. The van der Waals surface area contributed by atoms with Crippen LogP contribution in [0.3, 0.4) is 0 Å². The van der Waals surface area contributed by atoms with Crippen LogP contribution >= 0.6 is 0 Å². The number of alkyl halides is 2. The van der Waals surface area contributed by atoms with Gasteiger partial charge in [0.2, 0.25) is 0 Å². The third-order valence-corrected chi connectivity index (χ3v) is 4.87. The Morgan fingerprint density at radius 2 is 1.82 bits per heavy atom. The fourth-order valence-electron chi connectivity index (χ4n) is 3.46. The van der Waals surface area contributed by atoms with Gasteiger partial charge in [0, 0.05) is 26.2 Å². The van der Waals surface area contributed by atoms with E-state index in [1.54, 1.807) is 23.1 Å². The fraction of sp³-hybridized carbons (Fsp3) is 0.429. The second-order valence-electron chi connectivity index (χ2n) is 6.79. The summed E-state index contributed by atoms with van der Waals surface area (Å²) in [7, 11) is 1.48. The summed E-state index contributed by atoms with van der Waals surface area (Å²) in [5.74, 6) is -2.39. The lowest BCUT2D eigenvalue weighted by atomic mass is 9.97. The maximum absolute atomic E-state index is 14.6. The van der Waals surface area contributed by atoms with Crippen LogP contribution in [0.25, 0.3) is 0 Å². The van der Waals surface area contributed by atoms with Crippen molar-refractivity contribution in [1.82, 2.24) is 10.2 Å². The van der Waals surface area contributed by atoms with E-state index in [0.717, 1.165) is 5.56 Å². The van der Waals surface area contributed by atoms with Gasteiger partial charge in [-0.15, -0.1) is 0 Å². The van der Waals surface area contributed by atoms with E-state index in [1.807, 2.05) is 30.3 Å². The summed E-state index contributed by atoms with van der Waals surface area (Å²) >= 11 is 0. The molecule has 0 aliphatic carbocycles. The maximum Gasteiger partial charge on any atom is 0.289 e. The van der Waals surface area contributed by atoms with Gasteiger partial charge >= 0.3 is 0 Å². The molecule has 28 heavy (non-hydrogen) atoms. The zero-order chi connectivity index (χ0) is 20.0. The minimum Gasteiger partial charge on any atom is -0.493 e. The highest BCUT2D eigenvalue weighted by Gasteiger charge is 2.44. The molecular weight excluding hydrogens is 366 g/mol. The lowest BCUT2D eigenvalue weighted by Gasteiger charge is -2.38. The van der Waals surface area contributed by atoms with E-state index in [1.165, 1.54) is 7.11 Å². The van der Waals surface area contributed by atoms with Crippen molar-refractivity contribution in [3.8, 4) is 11.5 Å². The molecule has 0 amide bonds. The smallest absolute Gasteiger partial charge is 0.289 e. The Labute approximate surface area is 163 Å². The molecule has 0 aromatic heterocycles. The van der Waals surface area contributed by atoms with Crippen molar-refractivity contribution in [3.63, 3.8) is 0 Å². The molecule has 5 nitrogen and oxygen atoms in total. The quantitative estimate of drug-likeness (QED) is 0.724. The second-order valence-corrected chi connectivity index (χ2v) is 6.79. The topological polar surface area (TPSA) is 54.0 Å². The zero-order valence-corrected chi connectivity index (χ0v) is 15.9. The summed E-state index contributed by atoms with van der Waals surface area (Å²) < 4.78 is 40.4. The summed E-state index contributed by atoms with van der Waals surface area (Å²) in [4.78, 5) is 1.70. The van der Waals surface area contributed by atoms with Gasteiger partial charge in [-0.1, -0.05) is 36.4 Å². The minimum atomic E-state index is -3.27. The Morgan fingerprint density at radius 1 is 1.11 bits per heavy atom. The van der Waals surface area contributed by atoms with Gasteiger partial charge in [-0.05, 0) is 23.3 Å². The van der Waals surface area contributed by atoms with Crippen LogP contribution in [-0.4, -0.2) is 55.8 Å². The lowest BCUT2D eigenvalue weighted by molar-refractivity contribution is -0.118. The average Bonchev–Trinajstić information content (AvgIpc) is 2.74. The van der Waals surface area contributed by atoms with Gasteiger partial charge < -0.3 is 19.9 Å². The van der Waals surface area contributed by atoms with Crippen LogP contribution < -0.4 is 14.8 Å². The van der Waals surface area contributed by atoms with E-state index in [-0.39, 0.29) is 0 Å². The van der Waals surface area contributed by atoms with Crippen molar-refractivity contribution >= 4 is 0 Å². The van der Waals surface area contributed by atoms with E-state index >= 15 is 0 Å². The standard InChI is InChI=1S/C21H26F2N2O3/c1-27-19-13-17(7-8-18(19)28-14-16-5-3-2-4-6-16)20(21(22,23)15-26)25-11-9-24-10-12-25/h2-8,13,20,24,26H,9-12,14-15H2,1H3/t20-/m1/s1. The average molecular weight is 392 g/mol. The predicted molar refractivity (Wildman–Crippen MR) is 103 cm³/mol. The van der Waals surface area contributed by atoms with Crippen LogP contribution in [0.2, 0.25) is 0 Å². The molecule has 0 radical (unpaired) electrons. The van der Waals surface area contributed by atoms with Crippen LogP contribution in [-0.2, 0) is 6.61 Å². The van der Waals surface area contributed by atoms with Gasteiger partial charge in [-0.3, -0.25) is 4.90 Å². The Bertz CT molecular complexity index is 753. The highest BCUT2D eigenvalue weighted by atomic mass is 19.3. The molecule has 1 aliphatic rings. The van der Waals surface area contributed by atoms with Gasteiger partial charge in [0.25, 0.3) is 5.92 Å². The summed E-state index contributed by atoms with van der Waals surface area (Å²) in [6.07, 6.45) is 0. The van der Waals surface area contributed by atoms with Crippen molar-refractivity contribution < 1.29 is 23.4 Å². The van der Waals surface area contributed by atoms with Gasteiger partial charge in [-0.25, -0.2) is 8.78 Å². The van der Waals surface area contributed by atoms with Gasteiger partial charge in [0.05, 0.1) is 7.11 Å². The summed E-state index contributed by atoms with van der Waals surface area (Å²) in [5.41, 5.74) is 1.39. The number of rotatable bonds is 8. The van der Waals surface area contributed by atoms with Gasteiger partial charge in [0.1, 0.15) is 19.3 Å². The maximum atomic E-state index is 14.6. The number of halogens is 2.